The van der Waals surface area contributed by atoms with Crippen molar-refractivity contribution in [3.8, 4) is 0 Å². The SMILES string of the molecule is CC(C)COC(=O)CCCCCN. The molecule has 0 aliphatic heterocycles. The summed E-state index contributed by atoms with van der Waals surface area (Å²) in [5.41, 5.74) is 5.33. The van der Waals surface area contributed by atoms with Gasteiger partial charge in [0.2, 0.25) is 0 Å². The molecule has 78 valence electrons. The molecule has 3 nitrogen and oxygen atoms in total. The Labute approximate surface area is 80.6 Å². The molecular weight excluding hydrogens is 166 g/mol. The summed E-state index contributed by atoms with van der Waals surface area (Å²) in [6.45, 7) is 5.31. The molecule has 0 aromatic rings. The number of carbonyl (C=O) groups is 1. The second kappa shape index (κ2) is 8.05. The van der Waals surface area contributed by atoms with Gasteiger partial charge >= 0.3 is 5.97 Å². The fraction of sp³-hybridized carbons (Fsp3) is 0.900. The maximum Gasteiger partial charge on any atom is 0.305 e. The Morgan fingerprint density at radius 1 is 1.31 bits per heavy atom. The molecule has 0 spiro atoms. The molecule has 0 bridgehead atoms. The maximum absolute atomic E-state index is 11.1. The normalized spacial score (nSPS) is 10.5. The molecule has 0 fully saturated rings. The van der Waals surface area contributed by atoms with E-state index in [0.29, 0.717) is 25.5 Å². The Morgan fingerprint density at radius 2 is 2.00 bits per heavy atom. The van der Waals surface area contributed by atoms with Crippen LogP contribution >= 0.6 is 0 Å². The third kappa shape index (κ3) is 9.34. The lowest BCUT2D eigenvalue weighted by Crippen LogP contribution is -2.09. The number of hydrogen-bond acceptors (Lipinski definition) is 3. The van der Waals surface area contributed by atoms with Crippen molar-refractivity contribution in [2.45, 2.75) is 39.5 Å². The van der Waals surface area contributed by atoms with Gasteiger partial charge < -0.3 is 10.5 Å². The van der Waals surface area contributed by atoms with E-state index in [4.69, 9.17) is 10.5 Å². The zero-order valence-electron chi connectivity index (χ0n) is 8.71. The molecule has 0 radical (unpaired) electrons. The molecule has 0 unspecified atom stereocenters. The minimum Gasteiger partial charge on any atom is -0.465 e. The fourth-order valence-corrected chi connectivity index (χ4v) is 0.922. The van der Waals surface area contributed by atoms with Crippen molar-refractivity contribution in [2.75, 3.05) is 13.2 Å². The van der Waals surface area contributed by atoms with Crippen molar-refractivity contribution in [3.63, 3.8) is 0 Å². The van der Waals surface area contributed by atoms with Gasteiger partial charge in [0.15, 0.2) is 0 Å². The number of unbranched alkanes of at least 4 members (excludes halogenated alkanes) is 2. The van der Waals surface area contributed by atoms with Crippen LogP contribution in [0.1, 0.15) is 39.5 Å². The van der Waals surface area contributed by atoms with Crippen molar-refractivity contribution in [2.24, 2.45) is 11.7 Å². The van der Waals surface area contributed by atoms with Gasteiger partial charge in [-0.1, -0.05) is 20.3 Å². The number of rotatable bonds is 7. The van der Waals surface area contributed by atoms with E-state index in [1.165, 1.54) is 0 Å². The van der Waals surface area contributed by atoms with Gasteiger partial charge in [-0.3, -0.25) is 4.79 Å². The molecular formula is C10H21NO2. The molecule has 0 aromatic carbocycles. The molecule has 2 N–H and O–H groups in total. The summed E-state index contributed by atoms with van der Waals surface area (Å²) in [7, 11) is 0. The third-order valence-electron chi connectivity index (χ3n) is 1.66. The number of ether oxygens (including phenoxy) is 1. The first kappa shape index (κ1) is 12.4. The van der Waals surface area contributed by atoms with E-state index >= 15 is 0 Å². The average Bonchev–Trinajstić information content (AvgIpc) is 2.09. The quantitative estimate of drug-likeness (QED) is 0.487. The Bertz CT molecular complexity index is 135. The van der Waals surface area contributed by atoms with Crippen LogP contribution in [0.5, 0.6) is 0 Å². The van der Waals surface area contributed by atoms with Crippen molar-refractivity contribution in [3.05, 3.63) is 0 Å². The molecule has 0 saturated heterocycles. The van der Waals surface area contributed by atoms with Crippen LogP contribution in [0.25, 0.3) is 0 Å². The second-order valence-corrected chi connectivity index (χ2v) is 3.68. The smallest absolute Gasteiger partial charge is 0.305 e. The van der Waals surface area contributed by atoms with E-state index in [0.717, 1.165) is 19.3 Å². The summed E-state index contributed by atoms with van der Waals surface area (Å²) in [5, 5.41) is 0. The average molecular weight is 187 g/mol. The molecule has 13 heavy (non-hydrogen) atoms. The van der Waals surface area contributed by atoms with Crippen LogP contribution in [0.3, 0.4) is 0 Å². The van der Waals surface area contributed by atoms with Crippen molar-refractivity contribution in [1.29, 1.82) is 0 Å². The minimum absolute atomic E-state index is 0.0780. The number of nitrogens with two attached hydrogens (primary N) is 1. The van der Waals surface area contributed by atoms with Gasteiger partial charge in [0.1, 0.15) is 0 Å². The lowest BCUT2D eigenvalue weighted by atomic mass is 10.2. The van der Waals surface area contributed by atoms with Crippen molar-refractivity contribution >= 4 is 5.97 Å². The van der Waals surface area contributed by atoms with Gasteiger partial charge in [-0.05, 0) is 25.3 Å². The molecule has 0 aromatic heterocycles. The third-order valence-corrected chi connectivity index (χ3v) is 1.66. The summed E-state index contributed by atoms with van der Waals surface area (Å²) in [6, 6.07) is 0. The van der Waals surface area contributed by atoms with Gasteiger partial charge in [-0.2, -0.15) is 0 Å². The second-order valence-electron chi connectivity index (χ2n) is 3.68. The van der Waals surface area contributed by atoms with E-state index in [-0.39, 0.29) is 5.97 Å². The highest BCUT2D eigenvalue weighted by molar-refractivity contribution is 5.69. The van der Waals surface area contributed by atoms with E-state index in [2.05, 4.69) is 0 Å². The lowest BCUT2D eigenvalue weighted by Gasteiger charge is -2.06. The molecule has 0 aliphatic rings. The Balaban J connectivity index is 3.20. The monoisotopic (exact) mass is 187 g/mol. The molecule has 3 heteroatoms. The number of hydrogen-bond donors (Lipinski definition) is 1. The highest BCUT2D eigenvalue weighted by Crippen LogP contribution is 2.01. The van der Waals surface area contributed by atoms with Crippen LogP contribution in [0.4, 0.5) is 0 Å². The minimum atomic E-state index is -0.0780. The topological polar surface area (TPSA) is 52.3 Å². The zero-order valence-corrected chi connectivity index (χ0v) is 8.71. The number of esters is 1. The van der Waals surface area contributed by atoms with Crippen LogP contribution in [-0.4, -0.2) is 19.1 Å². The van der Waals surface area contributed by atoms with E-state index < -0.39 is 0 Å². The predicted molar refractivity (Wildman–Crippen MR) is 53.3 cm³/mol. The standard InChI is InChI=1S/C10H21NO2/c1-9(2)8-13-10(12)6-4-3-5-7-11/h9H,3-8,11H2,1-2H3. The van der Waals surface area contributed by atoms with Crippen LogP contribution in [0, 0.1) is 5.92 Å². The Morgan fingerprint density at radius 3 is 2.54 bits per heavy atom. The lowest BCUT2D eigenvalue weighted by molar-refractivity contribution is -0.144. The Kier molecular flexibility index (Phi) is 7.69. The van der Waals surface area contributed by atoms with Gasteiger partial charge in [-0.25, -0.2) is 0 Å². The molecule has 0 amide bonds. The molecule has 0 heterocycles. The number of carbonyl (C=O) groups excluding carboxylic acids is 1. The van der Waals surface area contributed by atoms with E-state index in [1.807, 2.05) is 13.8 Å². The van der Waals surface area contributed by atoms with Crippen molar-refractivity contribution < 1.29 is 9.53 Å². The first-order valence-corrected chi connectivity index (χ1v) is 5.02. The fourth-order valence-electron chi connectivity index (χ4n) is 0.922. The van der Waals surface area contributed by atoms with Crippen LogP contribution in [-0.2, 0) is 9.53 Å². The molecule has 0 rings (SSSR count). The van der Waals surface area contributed by atoms with Crippen LogP contribution < -0.4 is 5.73 Å². The Hall–Kier alpha value is -0.570. The summed E-state index contributed by atoms with van der Waals surface area (Å²) in [4.78, 5) is 11.1. The van der Waals surface area contributed by atoms with Gasteiger partial charge in [-0.15, -0.1) is 0 Å². The summed E-state index contributed by atoms with van der Waals surface area (Å²) in [6.07, 6.45) is 3.45. The van der Waals surface area contributed by atoms with E-state index in [1.54, 1.807) is 0 Å². The summed E-state index contributed by atoms with van der Waals surface area (Å²) >= 11 is 0. The van der Waals surface area contributed by atoms with E-state index in [9.17, 15) is 4.79 Å². The maximum atomic E-state index is 11.1. The van der Waals surface area contributed by atoms with Gasteiger partial charge in [0.25, 0.3) is 0 Å². The van der Waals surface area contributed by atoms with Crippen molar-refractivity contribution in [1.82, 2.24) is 0 Å². The molecule has 0 atom stereocenters. The van der Waals surface area contributed by atoms with Crippen LogP contribution in [0.2, 0.25) is 0 Å². The highest BCUT2D eigenvalue weighted by atomic mass is 16.5. The van der Waals surface area contributed by atoms with Gasteiger partial charge in [0, 0.05) is 6.42 Å². The zero-order chi connectivity index (χ0) is 10.1. The predicted octanol–water partition coefficient (Wildman–Crippen LogP) is 1.70. The largest absolute Gasteiger partial charge is 0.465 e. The summed E-state index contributed by atoms with van der Waals surface area (Å²) in [5.74, 6) is 0.346. The van der Waals surface area contributed by atoms with Gasteiger partial charge in [0.05, 0.1) is 6.61 Å². The first-order chi connectivity index (χ1) is 6.16. The molecule has 0 saturated carbocycles. The highest BCUT2D eigenvalue weighted by Gasteiger charge is 2.03. The van der Waals surface area contributed by atoms with Crippen LogP contribution in [0.15, 0.2) is 0 Å². The molecule has 0 aliphatic carbocycles. The summed E-state index contributed by atoms with van der Waals surface area (Å²) < 4.78 is 5.01. The first-order valence-electron chi connectivity index (χ1n) is 5.02.